The van der Waals surface area contributed by atoms with Crippen molar-refractivity contribution in [2.24, 2.45) is 10.9 Å². The summed E-state index contributed by atoms with van der Waals surface area (Å²) in [6, 6.07) is 17.8. The number of aliphatic imine (C=N–C) groups is 1. The normalized spacial score (nSPS) is 22.8. The van der Waals surface area contributed by atoms with Crippen molar-refractivity contribution < 1.29 is 9.53 Å². The molecule has 4 rings (SSSR count). The molecule has 0 fully saturated rings. The van der Waals surface area contributed by atoms with Crippen molar-refractivity contribution in [1.82, 2.24) is 0 Å². The molecule has 3 nitrogen and oxygen atoms in total. The number of para-hydroxylation sites is 1. The molecule has 2 atom stereocenters. The van der Waals surface area contributed by atoms with Gasteiger partial charge < -0.3 is 4.74 Å². The lowest BCUT2D eigenvalue weighted by Gasteiger charge is -2.08. The standard InChI is InChI=1S/C19H17NO2S/c21-18-16-9-5-4-6-13(16)10-17(18)19-20-14(12-23-19)11-22-15-7-2-1-3-8-15/h1-9,14,17H,10-12H2. The molecule has 0 saturated heterocycles. The summed E-state index contributed by atoms with van der Waals surface area (Å²) in [5.41, 5.74) is 2.01. The molecular formula is C19H17NO2S. The molecule has 0 spiro atoms. The number of Topliss-reactive ketones (excluding diaryl/α,β-unsaturated/α-hetero) is 1. The number of ether oxygens (including phenoxy) is 1. The highest BCUT2D eigenvalue weighted by Gasteiger charge is 2.36. The minimum absolute atomic E-state index is 0.0841. The first kappa shape index (κ1) is 14.5. The molecule has 23 heavy (non-hydrogen) atoms. The summed E-state index contributed by atoms with van der Waals surface area (Å²) in [7, 11) is 0. The van der Waals surface area contributed by atoms with Gasteiger partial charge in [-0.2, -0.15) is 0 Å². The van der Waals surface area contributed by atoms with E-state index in [1.54, 1.807) is 11.8 Å². The number of ketones is 1. The highest BCUT2D eigenvalue weighted by atomic mass is 32.2. The molecule has 1 heterocycles. The van der Waals surface area contributed by atoms with Crippen molar-refractivity contribution in [1.29, 1.82) is 0 Å². The van der Waals surface area contributed by atoms with Crippen LogP contribution in [0.15, 0.2) is 59.6 Å². The number of fused-ring (bicyclic) bond motifs is 1. The number of benzene rings is 2. The molecule has 0 saturated carbocycles. The number of nitrogens with zero attached hydrogens (tertiary/aromatic N) is 1. The molecule has 2 aromatic rings. The van der Waals surface area contributed by atoms with Crippen LogP contribution in [0, 0.1) is 5.92 Å². The Balaban J connectivity index is 1.42. The van der Waals surface area contributed by atoms with Crippen LogP contribution in [-0.4, -0.2) is 29.2 Å². The summed E-state index contributed by atoms with van der Waals surface area (Å²) in [5, 5.41) is 0.980. The maximum atomic E-state index is 12.5. The molecule has 116 valence electrons. The Morgan fingerprint density at radius 2 is 1.87 bits per heavy atom. The fraction of sp³-hybridized carbons (Fsp3) is 0.263. The lowest BCUT2D eigenvalue weighted by Crippen LogP contribution is -2.18. The third-order valence-corrected chi connectivity index (χ3v) is 5.48. The SMILES string of the molecule is O=C1c2ccccc2CC1C1=NC(COc2ccccc2)CS1. The van der Waals surface area contributed by atoms with Gasteiger partial charge in [0.1, 0.15) is 12.4 Å². The molecule has 1 aliphatic carbocycles. The maximum absolute atomic E-state index is 12.5. The van der Waals surface area contributed by atoms with Crippen LogP contribution in [0.5, 0.6) is 5.75 Å². The Labute approximate surface area is 139 Å². The van der Waals surface area contributed by atoms with E-state index in [-0.39, 0.29) is 17.7 Å². The van der Waals surface area contributed by atoms with Crippen LogP contribution in [0.1, 0.15) is 15.9 Å². The third kappa shape index (κ3) is 2.91. The van der Waals surface area contributed by atoms with Gasteiger partial charge in [0.15, 0.2) is 5.78 Å². The number of rotatable bonds is 4. The molecule has 0 aromatic heterocycles. The van der Waals surface area contributed by atoms with Crippen LogP contribution < -0.4 is 4.74 Å². The average molecular weight is 323 g/mol. The highest BCUT2D eigenvalue weighted by molar-refractivity contribution is 8.14. The Morgan fingerprint density at radius 3 is 2.70 bits per heavy atom. The van der Waals surface area contributed by atoms with E-state index in [0.717, 1.165) is 34.1 Å². The molecule has 4 heteroatoms. The van der Waals surface area contributed by atoms with Crippen LogP contribution in [0.3, 0.4) is 0 Å². The first-order valence-electron chi connectivity index (χ1n) is 7.82. The maximum Gasteiger partial charge on any atom is 0.173 e. The smallest absolute Gasteiger partial charge is 0.173 e. The molecule has 0 radical (unpaired) electrons. The summed E-state index contributed by atoms with van der Waals surface area (Å²) in [4.78, 5) is 17.3. The number of carbonyl (C=O) groups excluding carboxylic acids is 1. The topological polar surface area (TPSA) is 38.7 Å². The minimum Gasteiger partial charge on any atom is -0.491 e. The Bertz CT molecular complexity index is 757. The van der Waals surface area contributed by atoms with Gasteiger partial charge in [-0.15, -0.1) is 11.8 Å². The van der Waals surface area contributed by atoms with E-state index in [1.807, 2.05) is 54.6 Å². The number of carbonyl (C=O) groups is 1. The zero-order chi connectivity index (χ0) is 15.6. The monoisotopic (exact) mass is 323 g/mol. The lowest BCUT2D eigenvalue weighted by molar-refractivity contribution is 0.0969. The van der Waals surface area contributed by atoms with Gasteiger partial charge in [-0.05, 0) is 24.1 Å². The van der Waals surface area contributed by atoms with Gasteiger partial charge in [-0.1, -0.05) is 42.5 Å². The van der Waals surface area contributed by atoms with Crippen molar-refractivity contribution in [2.45, 2.75) is 12.5 Å². The summed E-state index contributed by atoms with van der Waals surface area (Å²) in [6.07, 6.45) is 0.785. The fourth-order valence-corrected chi connectivity index (χ4v) is 4.21. The van der Waals surface area contributed by atoms with Crippen LogP contribution >= 0.6 is 11.8 Å². The summed E-state index contributed by atoms with van der Waals surface area (Å²) < 4.78 is 5.78. The molecule has 2 aliphatic rings. The van der Waals surface area contributed by atoms with Crippen molar-refractivity contribution >= 4 is 22.6 Å². The van der Waals surface area contributed by atoms with E-state index < -0.39 is 0 Å². The van der Waals surface area contributed by atoms with Gasteiger partial charge in [0, 0.05) is 11.3 Å². The van der Waals surface area contributed by atoms with Crippen molar-refractivity contribution in [3.8, 4) is 5.75 Å². The van der Waals surface area contributed by atoms with Gasteiger partial charge >= 0.3 is 0 Å². The predicted octanol–water partition coefficient (Wildman–Crippen LogP) is 3.63. The summed E-state index contributed by atoms with van der Waals surface area (Å²) in [5.74, 6) is 1.89. The van der Waals surface area contributed by atoms with E-state index in [4.69, 9.17) is 9.73 Å². The Morgan fingerprint density at radius 1 is 1.09 bits per heavy atom. The van der Waals surface area contributed by atoms with E-state index >= 15 is 0 Å². The summed E-state index contributed by atoms with van der Waals surface area (Å²) in [6.45, 7) is 0.564. The zero-order valence-corrected chi connectivity index (χ0v) is 13.5. The first-order chi connectivity index (χ1) is 11.3. The van der Waals surface area contributed by atoms with Crippen LogP contribution in [0.4, 0.5) is 0 Å². The average Bonchev–Trinajstić information content (AvgIpc) is 3.19. The van der Waals surface area contributed by atoms with E-state index in [9.17, 15) is 4.79 Å². The lowest BCUT2D eigenvalue weighted by atomic mass is 10.1. The Kier molecular flexibility index (Phi) is 3.92. The molecule has 1 aliphatic heterocycles. The van der Waals surface area contributed by atoms with Crippen molar-refractivity contribution in [2.75, 3.05) is 12.4 Å². The minimum atomic E-state index is -0.0841. The van der Waals surface area contributed by atoms with Gasteiger partial charge in [0.05, 0.1) is 17.0 Å². The molecule has 0 N–H and O–H groups in total. The second-order valence-corrected chi connectivity index (χ2v) is 6.87. The molecule has 2 unspecified atom stereocenters. The molecular weight excluding hydrogens is 306 g/mol. The van der Waals surface area contributed by atoms with Crippen molar-refractivity contribution in [3.05, 3.63) is 65.7 Å². The van der Waals surface area contributed by atoms with E-state index in [0.29, 0.717) is 6.61 Å². The van der Waals surface area contributed by atoms with E-state index in [2.05, 4.69) is 0 Å². The fourth-order valence-electron chi connectivity index (χ4n) is 3.06. The van der Waals surface area contributed by atoms with Gasteiger partial charge in [0.25, 0.3) is 0 Å². The second kappa shape index (κ2) is 6.20. The predicted molar refractivity (Wildman–Crippen MR) is 93.6 cm³/mol. The molecule has 0 bridgehead atoms. The van der Waals surface area contributed by atoms with Crippen LogP contribution in [0.2, 0.25) is 0 Å². The first-order valence-corrected chi connectivity index (χ1v) is 8.80. The van der Waals surface area contributed by atoms with Crippen molar-refractivity contribution in [3.63, 3.8) is 0 Å². The summed E-state index contributed by atoms with van der Waals surface area (Å²) >= 11 is 1.71. The quantitative estimate of drug-likeness (QED) is 0.862. The molecule has 2 aromatic carbocycles. The highest BCUT2D eigenvalue weighted by Crippen LogP contribution is 2.34. The number of hydrogen-bond acceptors (Lipinski definition) is 4. The van der Waals surface area contributed by atoms with E-state index in [1.165, 1.54) is 0 Å². The Hall–Kier alpha value is -2.07. The van der Waals surface area contributed by atoms with Crippen LogP contribution in [-0.2, 0) is 6.42 Å². The molecule has 0 amide bonds. The largest absolute Gasteiger partial charge is 0.491 e. The number of hydrogen-bond donors (Lipinski definition) is 0. The van der Waals surface area contributed by atoms with Gasteiger partial charge in [0.2, 0.25) is 0 Å². The van der Waals surface area contributed by atoms with Crippen LogP contribution in [0.25, 0.3) is 0 Å². The second-order valence-electron chi connectivity index (χ2n) is 5.83. The van der Waals surface area contributed by atoms with Gasteiger partial charge in [-0.25, -0.2) is 0 Å². The van der Waals surface area contributed by atoms with Gasteiger partial charge in [-0.3, -0.25) is 9.79 Å². The third-order valence-electron chi connectivity index (χ3n) is 4.24. The number of thioether (sulfide) groups is 1. The zero-order valence-electron chi connectivity index (χ0n) is 12.6.